The smallest absolute Gasteiger partial charge is 0.227 e. The van der Waals surface area contributed by atoms with E-state index in [1.54, 1.807) is 18.3 Å². The highest BCUT2D eigenvalue weighted by molar-refractivity contribution is 6.02. The van der Waals surface area contributed by atoms with Crippen molar-refractivity contribution in [2.24, 2.45) is 5.92 Å². The average Bonchev–Trinajstić information content (AvgIpc) is 3.73. The molecule has 3 heterocycles. The van der Waals surface area contributed by atoms with Crippen molar-refractivity contribution < 1.29 is 9.18 Å². The van der Waals surface area contributed by atoms with E-state index in [0.29, 0.717) is 5.69 Å². The lowest BCUT2D eigenvalue weighted by atomic mass is 10.0. The lowest BCUT2D eigenvalue weighted by molar-refractivity contribution is -0.119. The Hall–Kier alpha value is -4.78. The molecule has 3 aromatic carbocycles. The Morgan fingerprint density at radius 2 is 1.67 bits per heavy atom. The number of aromatic nitrogens is 4. The quantitative estimate of drug-likeness (QED) is 0.220. The number of pyridine rings is 1. The number of aromatic amines is 2. The Balaban J connectivity index is 1.24. The first kappa shape index (κ1) is 23.3. The minimum atomic E-state index is -0.253. The topological polar surface area (TPSA) is 86.5 Å². The number of halogens is 1. The molecule has 0 spiro atoms. The fourth-order valence-corrected chi connectivity index (χ4v) is 5.66. The minimum absolute atomic E-state index is 0.0813. The number of fused-ring (bicyclic) bond motifs is 2. The van der Waals surface area contributed by atoms with Gasteiger partial charge in [0.25, 0.3) is 0 Å². The predicted octanol–water partition coefficient (Wildman–Crippen LogP) is 7.71. The highest BCUT2D eigenvalue weighted by Crippen LogP contribution is 2.35. The summed E-state index contributed by atoms with van der Waals surface area (Å²) in [6.07, 6.45) is 7.65. The number of nitrogens with one attached hydrogen (secondary N) is 3. The van der Waals surface area contributed by atoms with Gasteiger partial charge in [-0.2, -0.15) is 5.10 Å². The Morgan fingerprint density at radius 1 is 0.846 bits per heavy atom. The minimum Gasteiger partial charge on any atom is -0.353 e. The molecule has 1 amide bonds. The maximum absolute atomic E-state index is 13.5. The Bertz CT molecular complexity index is 1830. The van der Waals surface area contributed by atoms with E-state index in [-0.39, 0.29) is 17.6 Å². The normalized spacial score (nSPS) is 13.9. The summed E-state index contributed by atoms with van der Waals surface area (Å²) in [5.74, 6) is -0.0763. The monoisotopic (exact) mass is 515 g/mol. The number of nitrogens with zero attached hydrogens (tertiary/aromatic N) is 2. The number of hydrogen-bond donors (Lipinski definition) is 3. The summed E-state index contributed by atoms with van der Waals surface area (Å²) >= 11 is 0. The van der Waals surface area contributed by atoms with E-state index in [4.69, 9.17) is 0 Å². The van der Waals surface area contributed by atoms with Gasteiger partial charge < -0.3 is 10.3 Å². The molecule has 39 heavy (non-hydrogen) atoms. The van der Waals surface area contributed by atoms with Gasteiger partial charge in [-0.25, -0.2) is 4.39 Å². The maximum Gasteiger partial charge on any atom is 0.227 e. The maximum atomic E-state index is 13.5. The van der Waals surface area contributed by atoms with Crippen molar-refractivity contribution in [1.29, 1.82) is 0 Å². The summed E-state index contributed by atoms with van der Waals surface area (Å²) in [5.41, 5.74) is 8.19. The van der Waals surface area contributed by atoms with Crippen LogP contribution in [0.25, 0.3) is 55.4 Å². The zero-order valence-electron chi connectivity index (χ0n) is 21.2. The second-order valence-corrected chi connectivity index (χ2v) is 10.2. The molecular weight excluding hydrogens is 489 g/mol. The van der Waals surface area contributed by atoms with Crippen molar-refractivity contribution in [3.8, 4) is 33.6 Å². The van der Waals surface area contributed by atoms with Gasteiger partial charge in [-0.3, -0.25) is 14.9 Å². The summed E-state index contributed by atoms with van der Waals surface area (Å²) < 4.78 is 13.5. The van der Waals surface area contributed by atoms with E-state index in [1.807, 2.05) is 42.6 Å². The number of amides is 1. The van der Waals surface area contributed by atoms with Gasteiger partial charge in [-0.15, -0.1) is 0 Å². The zero-order valence-corrected chi connectivity index (χ0v) is 21.2. The molecule has 192 valence electrons. The molecule has 0 saturated heterocycles. The largest absolute Gasteiger partial charge is 0.353 e. The van der Waals surface area contributed by atoms with Crippen LogP contribution < -0.4 is 5.32 Å². The summed E-state index contributed by atoms with van der Waals surface area (Å²) in [5, 5.41) is 12.9. The molecule has 3 N–H and O–H groups in total. The molecule has 0 atom stereocenters. The standard InChI is InChI=1S/C32H26FN5O/c33-23-11-8-19(9-12-23)25-6-3-7-28-26(25)16-30(36-28)31-27-15-21(10-13-29(27)37-38-31)22-14-24(18-34-17-22)35-32(39)20-4-1-2-5-20/h3,6-18,20,36H,1-2,4-5H2,(H,35,39)(H,37,38). The Morgan fingerprint density at radius 3 is 2.51 bits per heavy atom. The third-order valence-corrected chi connectivity index (χ3v) is 7.70. The third kappa shape index (κ3) is 4.36. The molecule has 1 saturated carbocycles. The molecule has 1 aliphatic carbocycles. The van der Waals surface area contributed by atoms with E-state index in [0.717, 1.165) is 81.1 Å². The number of benzene rings is 3. The van der Waals surface area contributed by atoms with Gasteiger partial charge >= 0.3 is 0 Å². The molecule has 0 radical (unpaired) electrons. The van der Waals surface area contributed by atoms with Crippen LogP contribution in [0.4, 0.5) is 10.1 Å². The van der Waals surface area contributed by atoms with Gasteiger partial charge in [0.05, 0.1) is 23.1 Å². The van der Waals surface area contributed by atoms with Gasteiger partial charge in [0.1, 0.15) is 11.5 Å². The predicted molar refractivity (Wildman–Crippen MR) is 153 cm³/mol. The van der Waals surface area contributed by atoms with Gasteiger partial charge in [0, 0.05) is 34.0 Å². The van der Waals surface area contributed by atoms with Crippen molar-refractivity contribution in [2.45, 2.75) is 25.7 Å². The van der Waals surface area contributed by atoms with Crippen LogP contribution >= 0.6 is 0 Å². The second-order valence-electron chi connectivity index (χ2n) is 10.2. The Kier molecular flexibility index (Phi) is 5.69. The van der Waals surface area contributed by atoms with Gasteiger partial charge in [0.15, 0.2) is 0 Å². The molecule has 6 aromatic rings. The summed E-state index contributed by atoms with van der Waals surface area (Å²) in [6.45, 7) is 0. The van der Waals surface area contributed by atoms with Crippen molar-refractivity contribution in [1.82, 2.24) is 20.2 Å². The van der Waals surface area contributed by atoms with E-state index >= 15 is 0 Å². The van der Waals surface area contributed by atoms with Crippen LogP contribution in [0, 0.1) is 11.7 Å². The molecule has 1 aliphatic rings. The molecule has 3 aromatic heterocycles. The van der Waals surface area contributed by atoms with Crippen molar-refractivity contribution in [3.63, 3.8) is 0 Å². The fraction of sp³-hybridized carbons (Fsp3) is 0.156. The second kappa shape index (κ2) is 9.51. The first-order chi connectivity index (χ1) is 19.1. The van der Waals surface area contributed by atoms with Crippen LogP contribution in [0.5, 0.6) is 0 Å². The number of carbonyl (C=O) groups excluding carboxylic acids is 1. The van der Waals surface area contributed by atoms with E-state index < -0.39 is 0 Å². The summed E-state index contributed by atoms with van der Waals surface area (Å²) in [4.78, 5) is 20.5. The van der Waals surface area contributed by atoms with Crippen LogP contribution in [-0.2, 0) is 4.79 Å². The van der Waals surface area contributed by atoms with Gasteiger partial charge in [-0.05, 0) is 72.0 Å². The zero-order chi connectivity index (χ0) is 26.3. The highest BCUT2D eigenvalue weighted by atomic mass is 19.1. The number of carbonyl (C=O) groups is 1. The van der Waals surface area contributed by atoms with Crippen LogP contribution in [-0.4, -0.2) is 26.1 Å². The molecule has 7 heteroatoms. The third-order valence-electron chi connectivity index (χ3n) is 7.70. The molecule has 1 fully saturated rings. The number of anilines is 1. The first-order valence-corrected chi connectivity index (χ1v) is 13.2. The number of hydrogen-bond acceptors (Lipinski definition) is 3. The van der Waals surface area contributed by atoms with Crippen LogP contribution in [0.1, 0.15) is 25.7 Å². The van der Waals surface area contributed by atoms with Crippen molar-refractivity contribution in [2.75, 3.05) is 5.32 Å². The van der Waals surface area contributed by atoms with E-state index in [2.05, 4.69) is 37.6 Å². The molecular formula is C32H26FN5O. The van der Waals surface area contributed by atoms with Crippen molar-refractivity contribution >= 4 is 33.4 Å². The lowest BCUT2D eigenvalue weighted by Gasteiger charge is -2.11. The van der Waals surface area contributed by atoms with E-state index in [1.165, 1.54) is 12.1 Å². The summed E-state index contributed by atoms with van der Waals surface area (Å²) in [6, 6.07) is 22.8. The SMILES string of the molecule is O=C(Nc1cncc(-c2ccc3[nH]nc(-c4cc5c(-c6ccc(F)cc6)cccc5[nH]4)c3c2)c1)C1CCCC1. The molecule has 0 bridgehead atoms. The molecule has 0 unspecified atom stereocenters. The number of rotatable bonds is 5. The Labute approximate surface area is 224 Å². The van der Waals surface area contributed by atoms with Crippen molar-refractivity contribution in [3.05, 3.63) is 91.0 Å². The highest BCUT2D eigenvalue weighted by Gasteiger charge is 2.23. The fourth-order valence-electron chi connectivity index (χ4n) is 5.66. The summed E-state index contributed by atoms with van der Waals surface area (Å²) in [7, 11) is 0. The number of H-pyrrole nitrogens is 2. The van der Waals surface area contributed by atoms with Crippen LogP contribution in [0.15, 0.2) is 85.2 Å². The van der Waals surface area contributed by atoms with Crippen LogP contribution in [0.3, 0.4) is 0 Å². The molecule has 7 rings (SSSR count). The lowest BCUT2D eigenvalue weighted by Crippen LogP contribution is -2.20. The van der Waals surface area contributed by atoms with E-state index in [9.17, 15) is 9.18 Å². The van der Waals surface area contributed by atoms with Gasteiger partial charge in [0.2, 0.25) is 5.91 Å². The average molecular weight is 516 g/mol. The first-order valence-electron chi connectivity index (χ1n) is 13.2. The van der Waals surface area contributed by atoms with Gasteiger partial charge in [-0.1, -0.05) is 43.2 Å². The van der Waals surface area contributed by atoms with Crippen LogP contribution in [0.2, 0.25) is 0 Å². The molecule has 0 aliphatic heterocycles. The molecule has 6 nitrogen and oxygen atoms in total.